The Labute approximate surface area is 119 Å². The van der Waals surface area contributed by atoms with Crippen molar-refractivity contribution in [3.05, 3.63) is 23.8 Å². The first-order valence-corrected chi connectivity index (χ1v) is 9.06. The molecular weight excluding hydrogens is 280 g/mol. The normalized spacial score (nSPS) is 17.5. The average Bonchev–Trinajstić information content (AvgIpc) is 2.37. The summed E-state index contributed by atoms with van der Waals surface area (Å²) in [5.74, 6) is 2.71. The van der Waals surface area contributed by atoms with Gasteiger partial charge in [0, 0.05) is 12.2 Å². The maximum Gasteiger partial charge on any atom is 0.240 e. The molecule has 0 aromatic heterocycles. The molecule has 19 heavy (non-hydrogen) atoms. The second-order valence-corrected chi connectivity index (χ2v) is 7.98. The Kier molecular flexibility index (Phi) is 4.76. The van der Waals surface area contributed by atoms with Gasteiger partial charge in [-0.1, -0.05) is 0 Å². The third-order valence-corrected chi connectivity index (χ3v) is 5.74. The number of anilines is 1. The average molecular weight is 300 g/mol. The van der Waals surface area contributed by atoms with Gasteiger partial charge in [0.1, 0.15) is 0 Å². The summed E-state index contributed by atoms with van der Waals surface area (Å²) in [5.41, 5.74) is 7.04. The minimum absolute atomic E-state index is 0.259. The van der Waals surface area contributed by atoms with E-state index in [4.69, 9.17) is 5.73 Å². The van der Waals surface area contributed by atoms with Crippen LogP contribution < -0.4 is 10.5 Å². The van der Waals surface area contributed by atoms with Crippen molar-refractivity contribution in [2.75, 3.05) is 23.8 Å². The molecule has 0 bridgehead atoms. The summed E-state index contributed by atoms with van der Waals surface area (Å²) in [5, 5.41) is 0. The van der Waals surface area contributed by atoms with Gasteiger partial charge in [0.2, 0.25) is 10.0 Å². The number of benzene rings is 1. The molecule has 1 saturated heterocycles. The van der Waals surface area contributed by atoms with Crippen LogP contribution in [-0.2, 0) is 10.0 Å². The van der Waals surface area contributed by atoms with Crippen LogP contribution in [0.4, 0.5) is 5.69 Å². The van der Waals surface area contributed by atoms with E-state index in [2.05, 4.69) is 4.72 Å². The van der Waals surface area contributed by atoms with Gasteiger partial charge in [0.25, 0.3) is 0 Å². The highest BCUT2D eigenvalue weighted by molar-refractivity contribution is 7.99. The monoisotopic (exact) mass is 300 g/mol. The van der Waals surface area contributed by atoms with Crippen LogP contribution in [-0.4, -0.2) is 26.5 Å². The van der Waals surface area contributed by atoms with Gasteiger partial charge in [-0.05, 0) is 61.0 Å². The fourth-order valence-corrected chi connectivity index (χ4v) is 4.65. The lowest BCUT2D eigenvalue weighted by molar-refractivity contribution is 0.476. The maximum atomic E-state index is 12.2. The predicted octanol–water partition coefficient (Wildman–Crippen LogP) is 2.00. The van der Waals surface area contributed by atoms with Crippen molar-refractivity contribution in [1.29, 1.82) is 0 Å². The van der Waals surface area contributed by atoms with Crippen LogP contribution in [0.5, 0.6) is 0 Å². The Morgan fingerprint density at radius 3 is 2.63 bits per heavy atom. The first-order valence-electron chi connectivity index (χ1n) is 6.42. The van der Waals surface area contributed by atoms with Crippen LogP contribution in [0.1, 0.15) is 18.4 Å². The molecule has 2 rings (SSSR count). The minimum Gasteiger partial charge on any atom is -0.399 e. The molecule has 0 unspecified atom stereocenters. The van der Waals surface area contributed by atoms with Crippen LogP contribution in [0, 0.1) is 12.8 Å². The SMILES string of the molecule is Cc1cc(N)cc(S(=O)(=O)NCC2CCSCC2)c1. The molecule has 1 aliphatic heterocycles. The molecule has 1 aliphatic rings. The molecule has 0 spiro atoms. The lowest BCUT2D eigenvalue weighted by Gasteiger charge is -2.21. The molecule has 0 aliphatic carbocycles. The van der Waals surface area contributed by atoms with Crippen LogP contribution in [0.3, 0.4) is 0 Å². The zero-order valence-corrected chi connectivity index (χ0v) is 12.7. The standard InChI is InChI=1S/C13H20N2O2S2/c1-10-6-12(14)8-13(7-10)19(16,17)15-9-11-2-4-18-5-3-11/h6-8,11,15H,2-5,9,14H2,1H3. The van der Waals surface area contributed by atoms with E-state index in [0.29, 0.717) is 18.2 Å². The molecule has 4 nitrogen and oxygen atoms in total. The molecule has 106 valence electrons. The van der Waals surface area contributed by atoms with Crippen LogP contribution in [0.15, 0.2) is 23.1 Å². The van der Waals surface area contributed by atoms with Crippen molar-refractivity contribution >= 4 is 27.5 Å². The number of hydrogen-bond donors (Lipinski definition) is 2. The van der Waals surface area contributed by atoms with Crippen molar-refractivity contribution in [2.24, 2.45) is 5.92 Å². The Balaban J connectivity index is 2.04. The number of nitrogens with two attached hydrogens (primary N) is 1. The van der Waals surface area contributed by atoms with Crippen molar-refractivity contribution < 1.29 is 8.42 Å². The topological polar surface area (TPSA) is 72.2 Å². The fraction of sp³-hybridized carbons (Fsp3) is 0.538. The molecule has 0 atom stereocenters. The van der Waals surface area contributed by atoms with Gasteiger partial charge < -0.3 is 5.73 Å². The number of nitrogen functional groups attached to an aromatic ring is 1. The molecule has 0 amide bonds. The van der Waals surface area contributed by atoms with E-state index < -0.39 is 10.0 Å². The Hall–Kier alpha value is -0.720. The first-order chi connectivity index (χ1) is 8.97. The van der Waals surface area contributed by atoms with E-state index in [1.807, 2.05) is 18.7 Å². The van der Waals surface area contributed by atoms with Crippen molar-refractivity contribution in [3.8, 4) is 0 Å². The molecule has 1 fully saturated rings. The Morgan fingerprint density at radius 1 is 1.32 bits per heavy atom. The van der Waals surface area contributed by atoms with E-state index in [0.717, 1.165) is 29.9 Å². The minimum atomic E-state index is -3.44. The van der Waals surface area contributed by atoms with Gasteiger partial charge in [0.15, 0.2) is 0 Å². The summed E-state index contributed by atoms with van der Waals surface area (Å²) in [7, 11) is -3.44. The van der Waals surface area contributed by atoms with Crippen molar-refractivity contribution in [1.82, 2.24) is 4.72 Å². The molecule has 6 heteroatoms. The van der Waals surface area contributed by atoms with E-state index >= 15 is 0 Å². The summed E-state index contributed by atoms with van der Waals surface area (Å²) in [6.45, 7) is 2.37. The maximum absolute atomic E-state index is 12.2. The van der Waals surface area contributed by atoms with E-state index in [1.54, 1.807) is 12.1 Å². The highest BCUT2D eigenvalue weighted by atomic mass is 32.2. The summed E-state index contributed by atoms with van der Waals surface area (Å²) in [6, 6.07) is 4.92. The van der Waals surface area contributed by atoms with Gasteiger partial charge in [-0.2, -0.15) is 11.8 Å². The van der Waals surface area contributed by atoms with Gasteiger partial charge >= 0.3 is 0 Å². The largest absolute Gasteiger partial charge is 0.399 e. The third-order valence-electron chi connectivity index (χ3n) is 3.29. The number of hydrogen-bond acceptors (Lipinski definition) is 4. The Morgan fingerprint density at radius 2 is 2.00 bits per heavy atom. The first kappa shape index (κ1) is 14.7. The third kappa shape index (κ3) is 4.12. The number of rotatable bonds is 4. The van der Waals surface area contributed by atoms with E-state index in [1.165, 1.54) is 6.07 Å². The van der Waals surface area contributed by atoms with Gasteiger partial charge in [-0.15, -0.1) is 0 Å². The van der Waals surface area contributed by atoms with Crippen molar-refractivity contribution in [2.45, 2.75) is 24.7 Å². The second-order valence-electron chi connectivity index (χ2n) is 4.99. The summed E-state index contributed by atoms with van der Waals surface area (Å²) in [4.78, 5) is 0.259. The molecule has 0 radical (unpaired) electrons. The number of nitrogens with one attached hydrogen (secondary N) is 1. The highest BCUT2D eigenvalue weighted by Crippen LogP contribution is 2.23. The molecule has 1 aromatic carbocycles. The van der Waals surface area contributed by atoms with E-state index in [9.17, 15) is 8.42 Å². The summed E-state index contributed by atoms with van der Waals surface area (Å²) < 4.78 is 27.1. The number of aryl methyl sites for hydroxylation is 1. The fourth-order valence-electron chi connectivity index (χ4n) is 2.19. The molecule has 0 saturated carbocycles. The number of thioether (sulfide) groups is 1. The van der Waals surface area contributed by atoms with E-state index in [-0.39, 0.29) is 4.90 Å². The van der Waals surface area contributed by atoms with Crippen LogP contribution >= 0.6 is 11.8 Å². The molecule has 1 aromatic rings. The van der Waals surface area contributed by atoms with Gasteiger partial charge in [0.05, 0.1) is 4.90 Å². The smallest absolute Gasteiger partial charge is 0.240 e. The van der Waals surface area contributed by atoms with Crippen LogP contribution in [0.25, 0.3) is 0 Å². The lowest BCUT2D eigenvalue weighted by atomic mass is 10.0. The van der Waals surface area contributed by atoms with Gasteiger partial charge in [-0.3, -0.25) is 0 Å². The quantitative estimate of drug-likeness (QED) is 0.834. The molecular formula is C13H20N2O2S2. The predicted molar refractivity (Wildman–Crippen MR) is 80.8 cm³/mol. The molecule has 1 heterocycles. The lowest BCUT2D eigenvalue weighted by Crippen LogP contribution is -2.31. The highest BCUT2D eigenvalue weighted by Gasteiger charge is 2.19. The van der Waals surface area contributed by atoms with Crippen molar-refractivity contribution in [3.63, 3.8) is 0 Å². The van der Waals surface area contributed by atoms with Gasteiger partial charge in [-0.25, -0.2) is 13.1 Å². The summed E-state index contributed by atoms with van der Waals surface area (Å²) in [6.07, 6.45) is 2.17. The Bertz CT molecular complexity index is 517. The molecule has 3 N–H and O–H groups in total. The zero-order chi connectivity index (χ0) is 13.9. The zero-order valence-electron chi connectivity index (χ0n) is 11.1. The second kappa shape index (κ2) is 6.15. The van der Waals surface area contributed by atoms with Crippen LogP contribution in [0.2, 0.25) is 0 Å². The number of sulfonamides is 1. The summed E-state index contributed by atoms with van der Waals surface area (Å²) >= 11 is 1.94.